The summed E-state index contributed by atoms with van der Waals surface area (Å²) >= 11 is 0. The minimum absolute atomic E-state index is 0.126. The summed E-state index contributed by atoms with van der Waals surface area (Å²) in [5.41, 5.74) is 3.08. The molecule has 2 aliphatic rings. The average Bonchev–Trinajstić information content (AvgIpc) is 2.94. The predicted octanol–water partition coefficient (Wildman–Crippen LogP) is 4.39. The summed E-state index contributed by atoms with van der Waals surface area (Å²) < 4.78 is 17.6. The van der Waals surface area contributed by atoms with E-state index in [1.54, 1.807) is 4.90 Å². The van der Waals surface area contributed by atoms with Gasteiger partial charge in [0.2, 0.25) is 0 Å². The highest BCUT2D eigenvalue weighted by Crippen LogP contribution is 2.45. The van der Waals surface area contributed by atoms with Crippen molar-refractivity contribution in [3.05, 3.63) is 59.7 Å². The first-order valence-electron chi connectivity index (χ1n) is 10.3. The zero-order valence-corrected chi connectivity index (χ0v) is 17.4. The number of hydrogen-bond acceptors (Lipinski definition) is 4. The number of ether oxygens (including phenoxy) is 3. The monoisotopic (exact) mass is 395 g/mol. The van der Waals surface area contributed by atoms with Gasteiger partial charge in [-0.15, -0.1) is 0 Å². The number of carbonyl (C=O) groups excluding carboxylic acids is 1. The minimum atomic E-state index is -1.27. The van der Waals surface area contributed by atoms with E-state index >= 15 is 0 Å². The molecule has 1 fully saturated rings. The molecule has 2 heterocycles. The highest BCUT2D eigenvalue weighted by atomic mass is 16.7. The van der Waals surface area contributed by atoms with Crippen LogP contribution in [0.15, 0.2) is 48.5 Å². The lowest BCUT2D eigenvalue weighted by Crippen LogP contribution is -2.47. The molecule has 0 aromatic heterocycles. The third-order valence-electron chi connectivity index (χ3n) is 5.49. The molecule has 0 atom stereocenters. The molecule has 1 saturated heterocycles. The summed E-state index contributed by atoms with van der Waals surface area (Å²) in [5.74, 6) is -0.548. The lowest BCUT2D eigenvalue weighted by atomic mass is 9.87. The zero-order valence-electron chi connectivity index (χ0n) is 17.4. The van der Waals surface area contributed by atoms with Gasteiger partial charge < -0.3 is 19.1 Å². The molecule has 154 valence electrons. The van der Waals surface area contributed by atoms with E-state index in [0.717, 1.165) is 29.8 Å². The molecule has 1 spiro atoms. The van der Waals surface area contributed by atoms with Gasteiger partial charge in [-0.2, -0.15) is 0 Å². The zero-order chi connectivity index (χ0) is 20.5. The van der Waals surface area contributed by atoms with Gasteiger partial charge in [0.25, 0.3) is 11.7 Å². The topological polar surface area (TPSA) is 48.0 Å². The van der Waals surface area contributed by atoms with Crippen molar-refractivity contribution >= 4 is 11.6 Å². The smallest absolute Gasteiger partial charge is 0.292 e. The Labute approximate surface area is 172 Å². The molecule has 0 N–H and O–H groups in total. The van der Waals surface area contributed by atoms with Gasteiger partial charge in [-0.05, 0) is 42.0 Å². The molecule has 2 aromatic carbocycles. The Morgan fingerprint density at radius 2 is 1.72 bits per heavy atom. The van der Waals surface area contributed by atoms with Crippen LogP contribution >= 0.6 is 0 Å². The van der Waals surface area contributed by atoms with Crippen LogP contribution in [-0.4, -0.2) is 32.3 Å². The number of benzene rings is 2. The molecule has 0 unspecified atom stereocenters. The summed E-state index contributed by atoms with van der Waals surface area (Å²) in [6.45, 7) is 8.74. The molecule has 2 aliphatic heterocycles. The van der Waals surface area contributed by atoms with Crippen LogP contribution in [0.1, 0.15) is 44.7 Å². The van der Waals surface area contributed by atoms with Gasteiger partial charge in [0.05, 0.1) is 25.5 Å². The predicted molar refractivity (Wildman–Crippen MR) is 112 cm³/mol. The van der Waals surface area contributed by atoms with Gasteiger partial charge in [0, 0.05) is 12.1 Å². The standard InChI is InChI=1S/C24H29NO4/c1-23(2,3)18-10-12-19(13-11-18)27-15-6-14-25-21-9-5-4-8-20(21)24(22(25)26)28-16-7-17-29-24/h4-5,8-13H,6-7,14-17H2,1-3H3. The van der Waals surface area contributed by atoms with E-state index in [4.69, 9.17) is 14.2 Å². The number of hydrogen-bond donors (Lipinski definition) is 0. The first-order chi connectivity index (χ1) is 13.9. The van der Waals surface area contributed by atoms with Crippen molar-refractivity contribution in [1.82, 2.24) is 0 Å². The van der Waals surface area contributed by atoms with Crippen molar-refractivity contribution in [2.24, 2.45) is 0 Å². The summed E-state index contributed by atoms with van der Waals surface area (Å²) in [4.78, 5) is 14.9. The van der Waals surface area contributed by atoms with Gasteiger partial charge in [-0.3, -0.25) is 4.79 Å². The van der Waals surface area contributed by atoms with Gasteiger partial charge in [-0.1, -0.05) is 51.1 Å². The molecular weight excluding hydrogens is 366 g/mol. The number of carbonyl (C=O) groups is 1. The van der Waals surface area contributed by atoms with E-state index in [9.17, 15) is 4.79 Å². The van der Waals surface area contributed by atoms with E-state index in [-0.39, 0.29) is 11.3 Å². The van der Waals surface area contributed by atoms with Crippen LogP contribution in [0.25, 0.3) is 0 Å². The molecule has 0 saturated carbocycles. The Balaban J connectivity index is 1.38. The maximum absolute atomic E-state index is 13.2. The Morgan fingerprint density at radius 3 is 2.41 bits per heavy atom. The highest BCUT2D eigenvalue weighted by Gasteiger charge is 2.54. The van der Waals surface area contributed by atoms with Crippen LogP contribution in [-0.2, 0) is 25.5 Å². The van der Waals surface area contributed by atoms with Gasteiger partial charge in [0.15, 0.2) is 0 Å². The fraction of sp³-hybridized carbons (Fsp3) is 0.458. The third kappa shape index (κ3) is 3.77. The molecule has 0 aliphatic carbocycles. The Kier molecular flexibility index (Phi) is 5.36. The Hall–Kier alpha value is -2.37. The molecular formula is C24H29NO4. The maximum Gasteiger partial charge on any atom is 0.292 e. The van der Waals surface area contributed by atoms with E-state index in [0.29, 0.717) is 26.4 Å². The van der Waals surface area contributed by atoms with Crippen LogP contribution in [0, 0.1) is 0 Å². The number of anilines is 1. The van der Waals surface area contributed by atoms with Crippen molar-refractivity contribution in [3.63, 3.8) is 0 Å². The lowest BCUT2D eigenvalue weighted by molar-refractivity contribution is -0.256. The largest absolute Gasteiger partial charge is 0.494 e. The molecule has 29 heavy (non-hydrogen) atoms. The van der Waals surface area contributed by atoms with Crippen LogP contribution in [0.3, 0.4) is 0 Å². The average molecular weight is 395 g/mol. The quantitative estimate of drug-likeness (QED) is 0.705. The first-order valence-corrected chi connectivity index (χ1v) is 10.3. The van der Waals surface area contributed by atoms with Gasteiger partial charge in [-0.25, -0.2) is 0 Å². The van der Waals surface area contributed by atoms with E-state index in [1.165, 1.54) is 5.56 Å². The van der Waals surface area contributed by atoms with Crippen LogP contribution in [0.2, 0.25) is 0 Å². The Morgan fingerprint density at radius 1 is 1.03 bits per heavy atom. The Bertz CT molecular complexity index is 863. The second-order valence-electron chi connectivity index (χ2n) is 8.62. The van der Waals surface area contributed by atoms with Crippen molar-refractivity contribution in [2.75, 3.05) is 31.3 Å². The summed E-state index contributed by atoms with van der Waals surface area (Å²) in [5, 5.41) is 0. The molecule has 0 bridgehead atoms. The molecule has 5 nitrogen and oxygen atoms in total. The van der Waals surface area contributed by atoms with Gasteiger partial charge in [0.1, 0.15) is 5.75 Å². The van der Waals surface area contributed by atoms with E-state index in [1.807, 2.05) is 36.4 Å². The number of fused-ring (bicyclic) bond motifs is 2. The number of amides is 1. The number of rotatable bonds is 5. The van der Waals surface area contributed by atoms with E-state index in [2.05, 4.69) is 32.9 Å². The number of nitrogens with zero attached hydrogens (tertiary/aromatic N) is 1. The fourth-order valence-electron chi connectivity index (χ4n) is 3.89. The second-order valence-corrected chi connectivity index (χ2v) is 8.62. The van der Waals surface area contributed by atoms with Crippen molar-refractivity contribution in [2.45, 2.75) is 44.8 Å². The summed E-state index contributed by atoms with van der Waals surface area (Å²) in [7, 11) is 0. The molecule has 1 amide bonds. The van der Waals surface area contributed by atoms with E-state index < -0.39 is 5.79 Å². The molecule has 5 heteroatoms. The molecule has 2 aromatic rings. The first kappa shape index (κ1) is 19.9. The minimum Gasteiger partial charge on any atom is -0.494 e. The normalized spacial score (nSPS) is 18.2. The lowest BCUT2D eigenvalue weighted by Gasteiger charge is -2.32. The highest BCUT2D eigenvalue weighted by molar-refractivity contribution is 6.06. The number of para-hydroxylation sites is 1. The van der Waals surface area contributed by atoms with Gasteiger partial charge >= 0.3 is 0 Å². The van der Waals surface area contributed by atoms with Crippen molar-refractivity contribution in [3.8, 4) is 5.75 Å². The fourth-order valence-corrected chi connectivity index (χ4v) is 3.89. The second kappa shape index (κ2) is 7.81. The third-order valence-corrected chi connectivity index (χ3v) is 5.49. The van der Waals surface area contributed by atoms with Crippen LogP contribution in [0.4, 0.5) is 5.69 Å². The maximum atomic E-state index is 13.2. The summed E-state index contributed by atoms with van der Waals surface area (Å²) in [6, 6.07) is 16.0. The van der Waals surface area contributed by atoms with Crippen LogP contribution < -0.4 is 9.64 Å². The molecule has 4 rings (SSSR count). The summed E-state index contributed by atoms with van der Waals surface area (Å²) in [6.07, 6.45) is 1.52. The van der Waals surface area contributed by atoms with Crippen molar-refractivity contribution in [1.29, 1.82) is 0 Å². The van der Waals surface area contributed by atoms with Crippen molar-refractivity contribution < 1.29 is 19.0 Å². The SMILES string of the molecule is CC(C)(C)c1ccc(OCCCN2C(=O)C3(OCCCO3)c3ccccc32)cc1. The van der Waals surface area contributed by atoms with Crippen LogP contribution in [0.5, 0.6) is 5.75 Å². The molecule has 0 radical (unpaired) electrons.